The van der Waals surface area contributed by atoms with Crippen LogP contribution in [0, 0.1) is 11.3 Å². The number of benzene rings is 2. The molecular weight excluding hydrogens is 439 g/mol. The van der Waals surface area contributed by atoms with Crippen molar-refractivity contribution in [2.45, 2.75) is 36.7 Å². The number of nitrogens with zero attached hydrogens (tertiary/aromatic N) is 1. The number of amides is 1. The molecule has 0 fully saturated rings. The average Bonchev–Trinajstić information content (AvgIpc) is 2.66. The summed E-state index contributed by atoms with van der Waals surface area (Å²) < 4.78 is 68.6. The quantitative estimate of drug-likeness (QED) is 0.586. The lowest BCUT2D eigenvalue weighted by Gasteiger charge is -2.30. The van der Waals surface area contributed by atoms with E-state index in [0.717, 1.165) is 24.3 Å². The van der Waals surface area contributed by atoms with Crippen molar-refractivity contribution in [3.05, 3.63) is 54.1 Å². The van der Waals surface area contributed by atoms with Gasteiger partial charge in [0.2, 0.25) is 15.9 Å². The Balaban J connectivity index is 2.43. The smallest absolute Gasteiger partial charge is 0.508 e. The van der Waals surface area contributed by atoms with Gasteiger partial charge in [0, 0.05) is 0 Å². The molecule has 0 aliphatic carbocycles. The van der Waals surface area contributed by atoms with Crippen LogP contribution in [-0.2, 0) is 20.4 Å². The Morgan fingerprint density at radius 1 is 1.19 bits per heavy atom. The maximum atomic E-state index is 12.9. The highest BCUT2D eigenvalue weighted by Gasteiger charge is 2.40. The van der Waals surface area contributed by atoms with Crippen LogP contribution in [-0.4, -0.2) is 31.8 Å². The third-order valence-corrected chi connectivity index (χ3v) is 5.69. The molecule has 12 heteroatoms. The number of ether oxygens (including phenoxy) is 1. The predicted molar refractivity (Wildman–Crippen MR) is 102 cm³/mol. The number of aromatic hydroxyl groups is 1. The molecule has 2 atom stereocenters. The lowest BCUT2D eigenvalue weighted by molar-refractivity contribution is -0.274. The van der Waals surface area contributed by atoms with E-state index in [4.69, 9.17) is 5.26 Å². The standard InChI is InChI=1S/C19H18F3N3O5S/c1-12(11-23)24-17(27)18(2,13-4-3-5-14(26)10-13)25-31(28,29)16-8-6-15(7-9-16)30-19(20,21)22/h3-10,12,25-26H,1-2H3,(H,24,27). The predicted octanol–water partition coefficient (Wildman–Crippen LogP) is 2.51. The van der Waals surface area contributed by atoms with Crippen LogP contribution in [0.4, 0.5) is 13.2 Å². The Hall–Kier alpha value is -3.30. The highest BCUT2D eigenvalue weighted by atomic mass is 32.2. The SMILES string of the molecule is CC(C#N)NC(=O)C(C)(NS(=O)(=O)c1ccc(OC(F)(F)F)cc1)c1cccc(O)c1. The molecule has 0 aliphatic rings. The second kappa shape index (κ2) is 8.83. The Morgan fingerprint density at radius 3 is 2.32 bits per heavy atom. The van der Waals surface area contributed by atoms with E-state index < -0.39 is 44.5 Å². The van der Waals surface area contributed by atoms with Gasteiger partial charge >= 0.3 is 6.36 Å². The molecule has 0 radical (unpaired) electrons. The third kappa shape index (κ3) is 6.09. The minimum Gasteiger partial charge on any atom is -0.508 e. The number of nitriles is 1. The summed E-state index contributed by atoms with van der Waals surface area (Å²) in [5.74, 6) is -1.74. The summed E-state index contributed by atoms with van der Waals surface area (Å²) in [7, 11) is -4.44. The van der Waals surface area contributed by atoms with Crippen LogP contribution >= 0.6 is 0 Å². The average molecular weight is 457 g/mol. The summed E-state index contributed by atoms with van der Waals surface area (Å²) in [5, 5.41) is 21.0. The molecule has 8 nitrogen and oxygen atoms in total. The molecule has 3 N–H and O–H groups in total. The van der Waals surface area contributed by atoms with Crippen LogP contribution in [0.15, 0.2) is 53.4 Å². The number of carbonyl (C=O) groups is 1. The van der Waals surface area contributed by atoms with Crippen molar-refractivity contribution in [1.82, 2.24) is 10.0 Å². The molecule has 2 aromatic carbocycles. The molecule has 0 heterocycles. The lowest BCUT2D eigenvalue weighted by atomic mass is 9.91. The Bertz CT molecular complexity index is 1100. The monoisotopic (exact) mass is 457 g/mol. The first-order valence-electron chi connectivity index (χ1n) is 8.67. The van der Waals surface area contributed by atoms with Crippen molar-refractivity contribution in [2.75, 3.05) is 0 Å². The fourth-order valence-electron chi connectivity index (χ4n) is 2.57. The summed E-state index contributed by atoms with van der Waals surface area (Å²) in [6.07, 6.45) is -4.94. The van der Waals surface area contributed by atoms with Crippen LogP contribution in [0.25, 0.3) is 0 Å². The van der Waals surface area contributed by atoms with Crippen LogP contribution in [0.5, 0.6) is 11.5 Å². The van der Waals surface area contributed by atoms with Crippen molar-refractivity contribution in [1.29, 1.82) is 5.26 Å². The summed E-state index contributed by atoms with van der Waals surface area (Å²) >= 11 is 0. The van der Waals surface area contributed by atoms with Crippen molar-refractivity contribution >= 4 is 15.9 Å². The number of hydrogen-bond acceptors (Lipinski definition) is 6. The minimum atomic E-state index is -4.94. The fraction of sp³-hybridized carbons (Fsp3) is 0.263. The van der Waals surface area contributed by atoms with Crippen molar-refractivity contribution in [3.63, 3.8) is 0 Å². The van der Waals surface area contributed by atoms with E-state index in [1.165, 1.54) is 38.1 Å². The molecule has 0 aliphatic heterocycles. The van der Waals surface area contributed by atoms with E-state index in [-0.39, 0.29) is 11.3 Å². The van der Waals surface area contributed by atoms with Gasteiger partial charge in [0.15, 0.2) is 0 Å². The highest BCUT2D eigenvalue weighted by Crippen LogP contribution is 2.28. The Kier molecular flexibility index (Phi) is 6.83. The zero-order valence-corrected chi connectivity index (χ0v) is 17.1. The van der Waals surface area contributed by atoms with E-state index in [9.17, 15) is 31.5 Å². The summed E-state index contributed by atoms with van der Waals surface area (Å²) in [6.45, 7) is 2.61. The minimum absolute atomic E-state index is 0.0655. The van der Waals surface area contributed by atoms with Gasteiger partial charge in [0.1, 0.15) is 23.1 Å². The van der Waals surface area contributed by atoms with Crippen LogP contribution in [0.3, 0.4) is 0 Å². The summed E-state index contributed by atoms with van der Waals surface area (Å²) in [6, 6.07) is 9.47. The number of alkyl halides is 3. The number of halogens is 3. The number of sulfonamides is 1. The van der Waals surface area contributed by atoms with Crippen LogP contribution in [0.1, 0.15) is 19.4 Å². The molecule has 31 heavy (non-hydrogen) atoms. The van der Waals surface area contributed by atoms with Gasteiger partial charge in [0.05, 0.1) is 11.0 Å². The van der Waals surface area contributed by atoms with Crippen LogP contribution in [0.2, 0.25) is 0 Å². The van der Waals surface area contributed by atoms with E-state index in [0.29, 0.717) is 0 Å². The first-order valence-corrected chi connectivity index (χ1v) is 10.1. The van der Waals surface area contributed by atoms with Crippen molar-refractivity contribution in [3.8, 4) is 17.6 Å². The number of carbonyl (C=O) groups excluding carboxylic acids is 1. The number of hydrogen-bond donors (Lipinski definition) is 3. The van der Waals surface area contributed by atoms with Gasteiger partial charge in [-0.2, -0.15) is 9.98 Å². The maximum absolute atomic E-state index is 12.9. The summed E-state index contributed by atoms with van der Waals surface area (Å²) in [5.41, 5.74) is -1.90. The van der Waals surface area contributed by atoms with E-state index in [1.54, 1.807) is 6.07 Å². The molecule has 0 saturated carbocycles. The topological polar surface area (TPSA) is 129 Å². The van der Waals surface area contributed by atoms with Gasteiger partial charge in [-0.15, -0.1) is 13.2 Å². The fourth-order valence-corrected chi connectivity index (χ4v) is 3.93. The van der Waals surface area contributed by atoms with Crippen molar-refractivity contribution < 1.29 is 36.2 Å². The van der Waals surface area contributed by atoms with E-state index in [1.807, 2.05) is 0 Å². The number of nitrogens with one attached hydrogen (secondary N) is 2. The molecule has 2 rings (SSSR count). The number of rotatable bonds is 7. The summed E-state index contributed by atoms with van der Waals surface area (Å²) in [4.78, 5) is 12.4. The Labute approximate surface area is 176 Å². The van der Waals surface area contributed by atoms with Gasteiger partial charge in [-0.3, -0.25) is 4.79 Å². The van der Waals surface area contributed by atoms with E-state index >= 15 is 0 Å². The first-order chi connectivity index (χ1) is 14.3. The normalized spacial score (nSPS) is 14.7. The number of phenolic OH excluding ortho intramolecular Hbond substituents is 1. The van der Waals surface area contributed by atoms with Crippen LogP contribution < -0.4 is 14.8 Å². The molecular formula is C19H18F3N3O5S. The zero-order chi connectivity index (χ0) is 23.4. The van der Waals surface area contributed by atoms with Gasteiger partial charge in [-0.25, -0.2) is 8.42 Å². The number of phenols is 1. The largest absolute Gasteiger partial charge is 0.573 e. The lowest BCUT2D eigenvalue weighted by Crippen LogP contribution is -2.55. The molecule has 2 unspecified atom stereocenters. The molecule has 0 spiro atoms. The third-order valence-electron chi connectivity index (χ3n) is 4.12. The second-order valence-corrected chi connectivity index (χ2v) is 8.31. The zero-order valence-electron chi connectivity index (χ0n) is 16.3. The van der Waals surface area contributed by atoms with Crippen molar-refractivity contribution in [2.24, 2.45) is 0 Å². The molecule has 0 bridgehead atoms. The molecule has 0 aromatic heterocycles. The van der Waals surface area contributed by atoms with Gasteiger partial charge < -0.3 is 15.2 Å². The van der Waals surface area contributed by atoms with Gasteiger partial charge in [-0.1, -0.05) is 12.1 Å². The Morgan fingerprint density at radius 2 is 1.81 bits per heavy atom. The first kappa shape index (κ1) is 24.0. The highest BCUT2D eigenvalue weighted by molar-refractivity contribution is 7.89. The maximum Gasteiger partial charge on any atom is 0.573 e. The van der Waals surface area contributed by atoms with E-state index in [2.05, 4.69) is 14.8 Å². The van der Waals surface area contributed by atoms with Gasteiger partial charge in [0.25, 0.3) is 0 Å². The second-order valence-electron chi connectivity index (χ2n) is 6.62. The molecule has 1 amide bonds. The molecule has 166 valence electrons. The molecule has 2 aromatic rings. The molecule has 0 saturated heterocycles. The van der Waals surface area contributed by atoms with Gasteiger partial charge in [-0.05, 0) is 55.8 Å².